The molecule has 0 atom stereocenters. The Morgan fingerprint density at radius 3 is 2.59 bits per heavy atom. The number of fused-ring (bicyclic) bond motifs is 1. The third-order valence-electron chi connectivity index (χ3n) is 5.95. The smallest absolute Gasteiger partial charge is 0.267 e. The molecule has 0 amide bonds. The van der Waals surface area contributed by atoms with Crippen molar-refractivity contribution in [3.63, 3.8) is 0 Å². The molecule has 2 heterocycles. The first-order valence-electron chi connectivity index (χ1n) is 9.13. The molecule has 0 spiro atoms. The molecule has 0 aromatic carbocycles. The van der Waals surface area contributed by atoms with Crippen LogP contribution in [0.25, 0.3) is 0 Å². The lowest BCUT2D eigenvalue weighted by Crippen LogP contribution is -2.41. The van der Waals surface area contributed by atoms with Gasteiger partial charge in [0.2, 0.25) is 0 Å². The standard InChI is InChI=1S/C18H27N3O/c22-18-12-15-4-3-7-17(15)19-21(18)13-14-8-10-20(11-9-14)16-5-1-2-6-16/h12,14,16H,1-11,13H2. The fraction of sp³-hybridized carbons (Fsp3) is 0.778. The predicted molar refractivity (Wildman–Crippen MR) is 87.1 cm³/mol. The van der Waals surface area contributed by atoms with E-state index in [2.05, 4.69) is 10.00 Å². The van der Waals surface area contributed by atoms with Gasteiger partial charge in [-0.2, -0.15) is 5.10 Å². The second kappa shape index (κ2) is 6.15. The molecule has 1 saturated carbocycles. The first-order valence-corrected chi connectivity index (χ1v) is 9.13. The normalized spacial score (nSPS) is 24.0. The van der Waals surface area contributed by atoms with Crippen molar-refractivity contribution < 1.29 is 0 Å². The van der Waals surface area contributed by atoms with Crippen molar-refractivity contribution in [1.82, 2.24) is 14.7 Å². The van der Waals surface area contributed by atoms with Gasteiger partial charge in [0.15, 0.2) is 0 Å². The summed E-state index contributed by atoms with van der Waals surface area (Å²) < 4.78 is 1.75. The minimum Gasteiger partial charge on any atom is -0.300 e. The van der Waals surface area contributed by atoms with Crippen molar-refractivity contribution in [2.24, 2.45) is 5.92 Å². The van der Waals surface area contributed by atoms with Gasteiger partial charge in [-0.1, -0.05) is 12.8 Å². The van der Waals surface area contributed by atoms with E-state index in [0.717, 1.165) is 31.8 Å². The van der Waals surface area contributed by atoms with E-state index < -0.39 is 0 Å². The molecule has 4 heteroatoms. The van der Waals surface area contributed by atoms with E-state index in [-0.39, 0.29) is 5.56 Å². The van der Waals surface area contributed by atoms with Crippen LogP contribution in [0.5, 0.6) is 0 Å². The number of piperidine rings is 1. The summed E-state index contributed by atoms with van der Waals surface area (Å²) in [5.41, 5.74) is 2.47. The molecular weight excluding hydrogens is 274 g/mol. The van der Waals surface area contributed by atoms with Crippen LogP contribution in [0.4, 0.5) is 0 Å². The van der Waals surface area contributed by atoms with Gasteiger partial charge in [-0.05, 0) is 69.5 Å². The zero-order valence-corrected chi connectivity index (χ0v) is 13.5. The zero-order chi connectivity index (χ0) is 14.9. The van der Waals surface area contributed by atoms with Crippen LogP contribution in [-0.2, 0) is 19.4 Å². The number of likely N-dealkylation sites (tertiary alicyclic amines) is 1. The molecule has 4 nitrogen and oxygen atoms in total. The summed E-state index contributed by atoms with van der Waals surface area (Å²) in [4.78, 5) is 14.9. The summed E-state index contributed by atoms with van der Waals surface area (Å²) in [6, 6.07) is 2.69. The summed E-state index contributed by atoms with van der Waals surface area (Å²) in [6.45, 7) is 3.26. The van der Waals surface area contributed by atoms with Crippen LogP contribution in [0.2, 0.25) is 0 Å². The average Bonchev–Trinajstić information content (AvgIpc) is 3.19. The molecule has 3 aliphatic rings. The van der Waals surface area contributed by atoms with Gasteiger partial charge in [-0.25, -0.2) is 4.68 Å². The summed E-state index contributed by atoms with van der Waals surface area (Å²) in [5.74, 6) is 0.627. The highest BCUT2D eigenvalue weighted by Crippen LogP contribution is 2.28. The summed E-state index contributed by atoms with van der Waals surface area (Å²) >= 11 is 0. The SMILES string of the molecule is O=c1cc2c(nn1CC1CCN(C3CCCC3)CC1)CCC2. The molecule has 1 aromatic heterocycles. The van der Waals surface area contributed by atoms with Crippen molar-refractivity contribution in [2.75, 3.05) is 13.1 Å². The Morgan fingerprint density at radius 1 is 1.05 bits per heavy atom. The molecule has 1 aromatic rings. The number of nitrogens with zero attached hydrogens (tertiary/aromatic N) is 3. The minimum atomic E-state index is 0.110. The van der Waals surface area contributed by atoms with Gasteiger partial charge in [0.25, 0.3) is 5.56 Å². The van der Waals surface area contributed by atoms with Crippen molar-refractivity contribution in [3.8, 4) is 0 Å². The van der Waals surface area contributed by atoms with Crippen LogP contribution in [0.1, 0.15) is 56.2 Å². The number of aryl methyl sites for hydroxylation is 2. The highest BCUT2D eigenvalue weighted by atomic mass is 16.1. The topological polar surface area (TPSA) is 38.1 Å². The van der Waals surface area contributed by atoms with Crippen molar-refractivity contribution in [2.45, 2.75) is 70.4 Å². The lowest BCUT2D eigenvalue weighted by atomic mass is 9.95. The largest absolute Gasteiger partial charge is 0.300 e. The Kier molecular flexibility index (Phi) is 4.03. The van der Waals surface area contributed by atoms with Gasteiger partial charge >= 0.3 is 0 Å². The van der Waals surface area contributed by atoms with Gasteiger partial charge in [-0.15, -0.1) is 0 Å². The highest BCUT2D eigenvalue weighted by Gasteiger charge is 2.27. The molecule has 0 N–H and O–H groups in total. The lowest BCUT2D eigenvalue weighted by molar-refractivity contribution is 0.125. The Hall–Kier alpha value is -1.16. The summed E-state index contributed by atoms with van der Waals surface area (Å²) in [5, 5.41) is 4.63. The average molecular weight is 301 g/mol. The van der Waals surface area contributed by atoms with E-state index in [9.17, 15) is 4.79 Å². The third kappa shape index (κ3) is 2.85. The fourth-order valence-electron chi connectivity index (χ4n) is 4.58. The zero-order valence-electron chi connectivity index (χ0n) is 13.5. The van der Waals surface area contributed by atoms with Gasteiger partial charge in [0.05, 0.1) is 5.69 Å². The van der Waals surface area contributed by atoms with Crippen LogP contribution in [0.15, 0.2) is 10.9 Å². The second-order valence-corrected chi connectivity index (χ2v) is 7.41. The summed E-state index contributed by atoms with van der Waals surface area (Å²) in [7, 11) is 0. The lowest BCUT2D eigenvalue weighted by Gasteiger charge is -2.36. The number of rotatable bonds is 3. The minimum absolute atomic E-state index is 0.110. The molecule has 1 saturated heterocycles. The molecule has 2 fully saturated rings. The van der Waals surface area contributed by atoms with Crippen LogP contribution in [0, 0.1) is 5.92 Å². The van der Waals surface area contributed by atoms with E-state index in [4.69, 9.17) is 0 Å². The van der Waals surface area contributed by atoms with E-state index in [0.29, 0.717) is 5.92 Å². The van der Waals surface area contributed by atoms with Crippen LogP contribution < -0.4 is 5.56 Å². The van der Waals surface area contributed by atoms with E-state index in [1.807, 2.05) is 6.07 Å². The van der Waals surface area contributed by atoms with Gasteiger partial charge in [-0.3, -0.25) is 4.79 Å². The Bertz CT molecular complexity index is 580. The summed E-state index contributed by atoms with van der Waals surface area (Å²) in [6.07, 6.45) is 11.3. The Morgan fingerprint density at radius 2 is 1.82 bits per heavy atom. The maximum atomic E-state index is 12.2. The number of hydrogen-bond donors (Lipinski definition) is 0. The highest BCUT2D eigenvalue weighted by molar-refractivity contribution is 5.22. The first-order chi connectivity index (χ1) is 10.8. The molecule has 0 radical (unpaired) electrons. The second-order valence-electron chi connectivity index (χ2n) is 7.41. The van der Waals surface area contributed by atoms with Gasteiger partial charge in [0.1, 0.15) is 0 Å². The van der Waals surface area contributed by atoms with Crippen LogP contribution >= 0.6 is 0 Å². The molecule has 0 bridgehead atoms. The van der Waals surface area contributed by atoms with E-state index >= 15 is 0 Å². The monoisotopic (exact) mass is 301 g/mol. The Balaban J connectivity index is 1.38. The van der Waals surface area contributed by atoms with Gasteiger partial charge < -0.3 is 4.90 Å². The van der Waals surface area contributed by atoms with Gasteiger partial charge in [0, 0.05) is 18.7 Å². The number of hydrogen-bond acceptors (Lipinski definition) is 3. The quantitative estimate of drug-likeness (QED) is 0.860. The van der Waals surface area contributed by atoms with Crippen LogP contribution in [0.3, 0.4) is 0 Å². The first kappa shape index (κ1) is 14.4. The maximum absolute atomic E-state index is 12.2. The van der Waals surface area contributed by atoms with E-state index in [1.165, 1.54) is 62.9 Å². The molecular formula is C18H27N3O. The maximum Gasteiger partial charge on any atom is 0.267 e. The van der Waals surface area contributed by atoms with Crippen molar-refractivity contribution >= 4 is 0 Å². The predicted octanol–water partition coefficient (Wildman–Crippen LogP) is 2.39. The molecule has 0 unspecified atom stereocenters. The molecule has 2 aliphatic carbocycles. The van der Waals surface area contributed by atoms with E-state index in [1.54, 1.807) is 4.68 Å². The van der Waals surface area contributed by atoms with Crippen molar-refractivity contribution in [1.29, 1.82) is 0 Å². The number of aromatic nitrogens is 2. The molecule has 22 heavy (non-hydrogen) atoms. The fourth-order valence-corrected chi connectivity index (χ4v) is 4.58. The third-order valence-corrected chi connectivity index (χ3v) is 5.95. The molecule has 1 aliphatic heterocycles. The molecule has 4 rings (SSSR count). The van der Waals surface area contributed by atoms with Crippen LogP contribution in [-0.4, -0.2) is 33.8 Å². The molecule has 120 valence electrons. The Labute approximate surface area is 132 Å². The van der Waals surface area contributed by atoms with Crippen molar-refractivity contribution in [3.05, 3.63) is 27.7 Å².